The molecule has 1 aliphatic rings. The van der Waals surface area contributed by atoms with Gasteiger partial charge < -0.3 is 11.5 Å². The van der Waals surface area contributed by atoms with Gasteiger partial charge in [-0.25, -0.2) is 13.1 Å². The number of amides is 1. The molecule has 5 N–H and O–H groups in total. The Kier molecular flexibility index (Phi) is 4.49. The number of aryl methyl sites for hydroxylation is 1. The Balaban J connectivity index is 1.97. The molecule has 1 aromatic rings. The van der Waals surface area contributed by atoms with Crippen molar-refractivity contribution in [2.45, 2.75) is 23.8 Å². The van der Waals surface area contributed by atoms with Gasteiger partial charge in [0.2, 0.25) is 15.9 Å². The molecule has 9 nitrogen and oxygen atoms in total. The molecule has 2 heterocycles. The number of piperidine rings is 1. The molecule has 2 rings (SSSR count). The number of carbonyl (C=O) groups excluding carboxylic acids is 1. The molecule has 0 aliphatic carbocycles. The maximum absolute atomic E-state index is 12.3. The van der Waals surface area contributed by atoms with Crippen molar-refractivity contribution in [2.24, 2.45) is 12.8 Å². The van der Waals surface area contributed by atoms with Crippen LogP contribution in [0.25, 0.3) is 0 Å². The molecule has 10 heteroatoms. The van der Waals surface area contributed by atoms with Gasteiger partial charge in [0.25, 0.3) is 0 Å². The molecule has 0 atom stereocenters. The summed E-state index contributed by atoms with van der Waals surface area (Å²) >= 11 is 0. The molecule has 21 heavy (non-hydrogen) atoms. The van der Waals surface area contributed by atoms with Crippen LogP contribution in [0.2, 0.25) is 0 Å². The topological polar surface area (TPSA) is 136 Å². The minimum absolute atomic E-state index is 0.00966. The molecule has 0 radical (unpaired) electrons. The van der Waals surface area contributed by atoms with Gasteiger partial charge >= 0.3 is 0 Å². The fraction of sp³-hybridized carbons (Fsp3) is 0.636. The lowest BCUT2D eigenvalue weighted by molar-refractivity contribution is -0.119. The van der Waals surface area contributed by atoms with E-state index in [0.29, 0.717) is 25.9 Å². The van der Waals surface area contributed by atoms with Crippen LogP contribution in [-0.2, 0) is 21.9 Å². The second-order valence-electron chi connectivity index (χ2n) is 5.19. The monoisotopic (exact) mass is 316 g/mol. The van der Waals surface area contributed by atoms with Crippen LogP contribution in [0, 0.1) is 0 Å². The maximum atomic E-state index is 12.3. The molecule has 1 aromatic heterocycles. The Morgan fingerprint density at radius 3 is 2.57 bits per heavy atom. The normalized spacial score (nSPS) is 18.0. The first-order valence-electron chi connectivity index (χ1n) is 6.60. The summed E-state index contributed by atoms with van der Waals surface area (Å²) in [4.78, 5) is 12.7. The molecule has 1 fully saturated rings. The fourth-order valence-electron chi connectivity index (χ4n) is 2.40. The molecule has 118 valence electrons. The van der Waals surface area contributed by atoms with E-state index in [4.69, 9.17) is 11.5 Å². The van der Waals surface area contributed by atoms with Gasteiger partial charge in [0, 0.05) is 32.4 Å². The third-order valence-electron chi connectivity index (χ3n) is 3.40. The number of sulfonamides is 1. The third kappa shape index (κ3) is 3.93. The summed E-state index contributed by atoms with van der Waals surface area (Å²) in [6, 6.07) is -0.182. The van der Waals surface area contributed by atoms with E-state index in [1.165, 1.54) is 10.9 Å². The first-order chi connectivity index (χ1) is 9.78. The Hall–Kier alpha value is -1.65. The minimum atomic E-state index is -3.68. The van der Waals surface area contributed by atoms with E-state index >= 15 is 0 Å². The van der Waals surface area contributed by atoms with E-state index in [1.807, 2.05) is 4.90 Å². The average molecular weight is 316 g/mol. The highest BCUT2D eigenvalue weighted by Gasteiger charge is 2.27. The number of nitrogen functional groups attached to an aromatic ring is 1. The van der Waals surface area contributed by atoms with Crippen LogP contribution in [0.4, 0.5) is 5.82 Å². The molecular formula is C11H20N6O3S. The van der Waals surface area contributed by atoms with Gasteiger partial charge in [-0.1, -0.05) is 0 Å². The van der Waals surface area contributed by atoms with Gasteiger partial charge in [-0.3, -0.25) is 14.4 Å². The van der Waals surface area contributed by atoms with Crippen LogP contribution >= 0.6 is 0 Å². The molecule has 1 saturated heterocycles. The van der Waals surface area contributed by atoms with Crippen molar-refractivity contribution < 1.29 is 13.2 Å². The van der Waals surface area contributed by atoms with Crippen LogP contribution in [0.5, 0.6) is 0 Å². The van der Waals surface area contributed by atoms with Crippen LogP contribution in [0.1, 0.15) is 12.8 Å². The van der Waals surface area contributed by atoms with Crippen LogP contribution < -0.4 is 16.2 Å². The van der Waals surface area contributed by atoms with Crippen molar-refractivity contribution in [2.75, 3.05) is 25.4 Å². The number of carbonyl (C=O) groups is 1. The standard InChI is InChI=1S/C11H20N6O3S/c1-16-6-9(11(13)14-16)21(19,20)15-8-2-4-17(5-3-8)7-10(12)18/h6,8,15H,2-5,7H2,1H3,(H2,12,18)(H2,13,14). The summed E-state index contributed by atoms with van der Waals surface area (Å²) in [5.41, 5.74) is 10.7. The highest BCUT2D eigenvalue weighted by Crippen LogP contribution is 2.18. The Morgan fingerprint density at radius 1 is 1.48 bits per heavy atom. The number of anilines is 1. The first-order valence-corrected chi connectivity index (χ1v) is 8.08. The Bertz CT molecular complexity index is 618. The van der Waals surface area contributed by atoms with E-state index in [2.05, 4.69) is 9.82 Å². The molecule has 0 bridgehead atoms. The van der Waals surface area contributed by atoms with Gasteiger partial charge in [0.1, 0.15) is 4.90 Å². The minimum Gasteiger partial charge on any atom is -0.381 e. The second kappa shape index (κ2) is 6.00. The van der Waals surface area contributed by atoms with Crippen LogP contribution in [0.15, 0.2) is 11.1 Å². The molecule has 0 unspecified atom stereocenters. The lowest BCUT2D eigenvalue weighted by Crippen LogP contribution is -2.46. The summed E-state index contributed by atoms with van der Waals surface area (Å²) < 4.78 is 28.5. The van der Waals surface area contributed by atoms with E-state index in [0.717, 1.165) is 0 Å². The summed E-state index contributed by atoms with van der Waals surface area (Å²) in [5.74, 6) is -0.395. The molecule has 1 aliphatic heterocycles. The van der Waals surface area contributed by atoms with Crippen molar-refractivity contribution in [3.8, 4) is 0 Å². The Morgan fingerprint density at radius 2 is 2.10 bits per heavy atom. The van der Waals surface area contributed by atoms with Crippen molar-refractivity contribution >= 4 is 21.7 Å². The predicted octanol–water partition coefficient (Wildman–Crippen LogP) is -1.77. The fourth-order valence-corrected chi connectivity index (χ4v) is 3.81. The van der Waals surface area contributed by atoms with Crippen LogP contribution in [0.3, 0.4) is 0 Å². The van der Waals surface area contributed by atoms with Gasteiger partial charge in [-0.15, -0.1) is 0 Å². The summed E-state index contributed by atoms with van der Waals surface area (Å²) in [6.07, 6.45) is 2.61. The van der Waals surface area contributed by atoms with Crippen molar-refractivity contribution in [3.63, 3.8) is 0 Å². The number of nitrogens with zero attached hydrogens (tertiary/aromatic N) is 3. The number of hydrogen-bond acceptors (Lipinski definition) is 6. The van der Waals surface area contributed by atoms with Crippen molar-refractivity contribution in [3.05, 3.63) is 6.20 Å². The van der Waals surface area contributed by atoms with Crippen molar-refractivity contribution in [1.29, 1.82) is 0 Å². The number of primary amides is 1. The average Bonchev–Trinajstić information content (AvgIpc) is 2.71. The molecule has 1 amide bonds. The second-order valence-corrected chi connectivity index (χ2v) is 6.87. The van der Waals surface area contributed by atoms with Gasteiger partial charge in [0.15, 0.2) is 5.82 Å². The summed E-state index contributed by atoms with van der Waals surface area (Å²) in [7, 11) is -2.07. The quantitative estimate of drug-likeness (QED) is 0.588. The van der Waals surface area contributed by atoms with E-state index in [-0.39, 0.29) is 29.2 Å². The van der Waals surface area contributed by atoms with E-state index in [1.54, 1.807) is 7.05 Å². The number of nitrogens with two attached hydrogens (primary N) is 2. The molecule has 0 spiro atoms. The number of rotatable bonds is 5. The summed E-state index contributed by atoms with van der Waals surface area (Å²) in [5, 5.41) is 3.83. The highest BCUT2D eigenvalue weighted by atomic mass is 32.2. The lowest BCUT2D eigenvalue weighted by atomic mass is 10.1. The number of aromatic nitrogens is 2. The zero-order valence-electron chi connectivity index (χ0n) is 11.8. The van der Waals surface area contributed by atoms with Gasteiger partial charge in [-0.05, 0) is 12.8 Å². The number of likely N-dealkylation sites (tertiary alicyclic amines) is 1. The number of nitrogens with one attached hydrogen (secondary N) is 1. The van der Waals surface area contributed by atoms with Gasteiger partial charge in [0.05, 0.1) is 6.54 Å². The van der Waals surface area contributed by atoms with Crippen molar-refractivity contribution in [1.82, 2.24) is 19.4 Å². The zero-order chi connectivity index (χ0) is 15.6. The maximum Gasteiger partial charge on any atom is 0.246 e. The molecule has 0 aromatic carbocycles. The molecule has 0 saturated carbocycles. The smallest absolute Gasteiger partial charge is 0.246 e. The van der Waals surface area contributed by atoms with Gasteiger partial charge in [-0.2, -0.15) is 5.10 Å². The SMILES string of the molecule is Cn1cc(S(=O)(=O)NC2CCN(CC(N)=O)CC2)c(N)n1. The van der Waals surface area contributed by atoms with E-state index in [9.17, 15) is 13.2 Å². The lowest BCUT2D eigenvalue weighted by Gasteiger charge is -2.31. The van der Waals surface area contributed by atoms with E-state index < -0.39 is 10.0 Å². The first kappa shape index (κ1) is 15.7. The third-order valence-corrected chi connectivity index (χ3v) is 4.94. The van der Waals surface area contributed by atoms with Crippen LogP contribution in [-0.4, -0.2) is 54.7 Å². The zero-order valence-corrected chi connectivity index (χ0v) is 12.6. The predicted molar refractivity (Wildman–Crippen MR) is 76.6 cm³/mol. The Labute approximate surface area is 123 Å². The number of hydrogen-bond donors (Lipinski definition) is 3. The molecular weight excluding hydrogens is 296 g/mol. The largest absolute Gasteiger partial charge is 0.381 e. The summed E-state index contributed by atoms with van der Waals surface area (Å²) in [6.45, 7) is 1.45. The highest BCUT2D eigenvalue weighted by molar-refractivity contribution is 7.89.